The molecule has 104 valence electrons. The molecule has 0 amide bonds. The Hall–Kier alpha value is -1.23. The van der Waals surface area contributed by atoms with Crippen molar-refractivity contribution in [1.82, 2.24) is 0 Å². The lowest BCUT2D eigenvalue weighted by Gasteiger charge is -2.13. The van der Waals surface area contributed by atoms with Gasteiger partial charge in [-0.3, -0.25) is 0 Å². The highest BCUT2D eigenvalue weighted by molar-refractivity contribution is 9.10. The molecule has 2 aromatic rings. The Morgan fingerprint density at radius 2 is 1.95 bits per heavy atom. The van der Waals surface area contributed by atoms with E-state index in [1.165, 1.54) is 0 Å². The molecule has 0 bridgehead atoms. The molecule has 1 N–H and O–H groups in total. The molecule has 0 saturated heterocycles. The predicted molar refractivity (Wildman–Crippen MR) is 80.4 cm³/mol. The van der Waals surface area contributed by atoms with Crippen molar-refractivity contribution >= 4 is 27.5 Å². The fourth-order valence-electron chi connectivity index (χ4n) is 2.13. The Morgan fingerprint density at radius 1 is 1.15 bits per heavy atom. The summed E-state index contributed by atoms with van der Waals surface area (Å²) < 4.78 is 11.5. The van der Waals surface area contributed by atoms with Gasteiger partial charge in [0.15, 0.2) is 11.5 Å². The van der Waals surface area contributed by atoms with Crippen LogP contribution in [-0.2, 0) is 6.42 Å². The van der Waals surface area contributed by atoms with E-state index in [1.807, 2.05) is 30.3 Å². The molecule has 1 aliphatic rings. The lowest BCUT2D eigenvalue weighted by atomic mass is 10.0. The molecule has 0 fully saturated rings. The first kappa shape index (κ1) is 13.7. The number of aliphatic hydroxyl groups excluding tert-OH is 1. The van der Waals surface area contributed by atoms with Crippen LogP contribution in [0, 0.1) is 0 Å². The third-order valence-electron chi connectivity index (χ3n) is 3.21. The minimum absolute atomic E-state index is 0.230. The van der Waals surface area contributed by atoms with Crippen molar-refractivity contribution < 1.29 is 14.6 Å². The van der Waals surface area contributed by atoms with Gasteiger partial charge in [0, 0.05) is 15.9 Å². The number of aliphatic hydroxyl groups is 1. The van der Waals surface area contributed by atoms with Gasteiger partial charge in [-0.25, -0.2) is 0 Å². The first-order chi connectivity index (χ1) is 9.63. The first-order valence-electron chi connectivity index (χ1n) is 6.15. The summed E-state index contributed by atoms with van der Waals surface area (Å²) in [6.45, 7) is 0.230. The number of hydrogen-bond donors (Lipinski definition) is 1. The Labute approximate surface area is 130 Å². The molecule has 3 nitrogen and oxygen atoms in total. The summed E-state index contributed by atoms with van der Waals surface area (Å²) in [6, 6.07) is 11.1. The van der Waals surface area contributed by atoms with Crippen molar-refractivity contribution in [2.75, 3.05) is 6.79 Å². The van der Waals surface area contributed by atoms with Crippen LogP contribution in [-0.4, -0.2) is 11.9 Å². The van der Waals surface area contributed by atoms with E-state index < -0.39 is 6.10 Å². The Morgan fingerprint density at radius 3 is 2.75 bits per heavy atom. The molecule has 0 aromatic heterocycles. The smallest absolute Gasteiger partial charge is 0.231 e. The van der Waals surface area contributed by atoms with Crippen molar-refractivity contribution in [2.24, 2.45) is 0 Å². The van der Waals surface area contributed by atoms with E-state index in [9.17, 15) is 5.11 Å². The fourth-order valence-corrected chi connectivity index (χ4v) is 2.88. The Balaban J connectivity index is 1.80. The lowest BCUT2D eigenvalue weighted by molar-refractivity contribution is 0.171. The van der Waals surface area contributed by atoms with Crippen molar-refractivity contribution in [3.63, 3.8) is 0 Å². The van der Waals surface area contributed by atoms with Crippen LogP contribution >= 0.6 is 27.5 Å². The molecular weight excluding hydrogens is 344 g/mol. The maximum atomic E-state index is 10.3. The average molecular weight is 356 g/mol. The van der Waals surface area contributed by atoms with Gasteiger partial charge in [0.05, 0.1) is 6.10 Å². The zero-order valence-corrected chi connectivity index (χ0v) is 12.8. The van der Waals surface area contributed by atoms with Gasteiger partial charge in [0.1, 0.15) is 0 Å². The van der Waals surface area contributed by atoms with Crippen molar-refractivity contribution in [3.8, 4) is 11.5 Å². The largest absolute Gasteiger partial charge is 0.454 e. The maximum Gasteiger partial charge on any atom is 0.231 e. The van der Waals surface area contributed by atoms with Crippen LogP contribution in [0.4, 0.5) is 0 Å². The van der Waals surface area contributed by atoms with Gasteiger partial charge in [0.2, 0.25) is 6.79 Å². The zero-order chi connectivity index (χ0) is 14.1. The topological polar surface area (TPSA) is 38.7 Å². The van der Waals surface area contributed by atoms with Crippen molar-refractivity contribution in [1.29, 1.82) is 0 Å². The van der Waals surface area contributed by atoms with E-state index in [0.29, 0.717) is 22.9 Å². The molecule has 1 aliphatic heterocycles. The second kappa shape index (κ2) is 5.64. The molecule has 1 unspecified atom stereocenters. The fraction of sp³-hybridized carbons (Fsp3) is 0.200. The van der Waals surface area contributed by atoms with Gasteiger partial charge in [-0.05, 0) is 35.4 Å². The van der Waals surface area contributed by atoms with Crippen molar-refractivity contribution in [2.45, 2.75) is 12.5 Å². The second-order valence-electron chi connectivity index (χ2n) is 4.57. The number of rotatable bonds is 3. The number of benzene rings is 2. The number of ether oxygens (including phenoxy) is 2. The summed E-state index contributed by atoms with van der Waals surface area (Å²) in [5.74, 6) is 1.38. The van der Waals surface area contributed by atoms with E-state index >= 15 is 0 Å². The monoisotopic (exact) mass is 354 g/mol. The predicted octanol–water partition coefficient (Wildman–Crippen LogP) is 4.11. The second-order valence-corrected chi connectivity index (χ2v) is 5.89. The highest BCUT2D eigenvalue weighted by atomic mass is 79.9. The first-order valence-corrected chi connectivity index (χ1v) is 7.32. The number of hydrogen-bond acceptors (Lipinski definition) is 3. The van der Waals surface area contributed by atoms with Crippen LogP contribution in [0.3, 0.4) is 0 Å². The quantitative estimate of drug-likeness (QED) is 0.900. The molecular formula is C15H12BrClO3. The SMILES string of the molecule is OC(Cc1ccc(Br)cc1Cl)c1ccc2c(c1)OCO2. The molecule has 0 radical (unpaired) electrons. The molecule has 3 rings (SSSR count). The maximum absolute atomic E-state index is 10.3. The molecule has 1 atom stereocenters. The van der Waals surface area contributed by atoms with Gasteiger partial charge < -0.3 is 14.6 Å². The highest BCUT2D eigenvalue weighted by Crippen LogP contribution is 2.35. The molecule has 0 aliphatic carbocycles. The zero-order valence-electron chi connectivity index (χ0n) is 10.5. The van der Waals surface area contributed by atoms with E-state index in [2.05, 4.69) is 15.9 Å². The van der Waals surface area contributed by atoms with Crippen LogP contribution in [0.15, 0.2) is 40.9 Å². The van der Waals surface area contributed by atoms with Crippen LogP contribution in [0.5, 0.6) is 11.5 Å². The minimum atomic E-state index is -0.636. The Bertz CT molecular complexity index is 645. The molecule has 20 heavy (non-hydrogen) atoms. The van der Waals surface area contributed by atoms with Gasteiger partial charge in [-0.15, -0.1) is 0 Å². The highest BCUT2D eigenvalue weighted by Gasteiger charge is 2.17. The summed E-state index contributed by atoms with van der Waals surface area (Å²) in [5, 5.41) is 11.0. The van der Waals surface area contributed by atoms with E-state index in [4.69, 9.17) is 21.1 Å². The van der Waals surface area contributed by atoms with Crippen LogP contribution in [0.25, 0.3) is 0 Å². The van der Waals surface area contributed by atoms with Crippen LogP contribution in [0.2, 0.25) is 5.02 Å². The average Bonchev–Trinajstić information content (AvgIpc) is 2.89. The lowest BCUT2D eigenvalue weighted by Crippen LogP contribution is -2.02. The summed E-state index contributed by atoms with van der Waals surface area (Å²) in [5.41, 5.74) is 1.69. The molecule has 1 heterocycles. The third-order valence-corrected chi connectivity index (χ3v) is 4.05. The summed E-state index contributed by atoms with van der Waals surface area (Å²) in [6.07, 6.45) is -0.186. The summed E-state index contributed by atoms with van der Waals surface area (Å²) in [7, 11) is 0. The molecule has 5 heteroatoms. The minimum Gasteiger partial charge on any atom is -0.454 e. The van der Waals surface area contributed by atoms with Gasteiger partial charge in [0.25, 0.3) is 0 Å². The molecule has 0 spiro atoms. The summed E-state index contributed by atoms with van der Waals surface area (Å²) in [4.78, 5) is 0. The Kier molecular flexibility index (Phi) is 3.87. The molecule has 2 aromatic carbocycles. The summed E-state index contributed by atoms with van der Waals surface area (Å²) >= 11 is 9.53. The van der Waals surface area contributed by atoms with Gasteiger partial charge in [-0.1, -0.05) is 39.7 Å². The van der Waals surface area contributed by atoms with E-state index in [0.717, 1.165) is 15.6 Å². The van der Waals surface area contributed by atoms with Gasteiger partial charge in [-0.2, -0.15) is 0 Å². The van der Waals surface area contributed by atoms with Gasteiger partial charge >= 0.3 is 0 Å². The number of halogens is 2. The van der Waals surface area contributed by atoms with Crippen LogP contribution < -0.4 is 9.47 Å². The van der Waals surface area contributed by atoms with Crippen LogP contribution in [0.1, 0.15) is 17.2 Å². The third kappa shape index (κ3) is 2.77. The normalized spacial score (nSPS) is 14.3. The van der Waals surface area contributed by atoms with E-state index in [1.54, 1.807) is 6.07 Å². The van der Waals surface area contributed by atoms with E-state index in [-0.39, 0.29) is 6.79 Å². The van der Waals surface area contributed by atoms with Crippen molar-refractivity contribution in [3.05, 3.63) is 57.0 Å². The number of fused-ring (bicyclic) bond motifs is 1. The molecule has 0 saturated carbocycles. The standard InChI is InChI=1S/C15H12BrClO3/c16-11-3-1-9(12(17)7-11)5-13(18)10-2-4-14-15(6-10)20-8-19-14/h1-4,6-7,13,18H,5,8H2.